The van der Waals surface area contributed by atoms with Crippen LogP contribution in [0, 0.1) is 11.8 Å². The van der Waals surface area contributed by atoms with Crippen LogP contribution in [0.1, 0.15) is 20.3 Å². The van der Waals surface area contributed by atoms with Crippen molar-refractivity contribution in [2.45, 2.75) is 26.4 Å². The van der Waals surface area contributed by atoms with Crippen LogP contribution in [0.4, 0.5) is 0 Å². The molecule has 3 heteroatoms. The van der Waals surface area contributed by atoms with Gasteiger partial charge in [-0.2, -0.15) is 0 Å². The molecule has 0 aromatic rings. The lowest BCUT2D eigenvalue weighted by atomic mass is 9.94. The van der Waals surface area contributed by atoms with Gasteiger partial charge in [0.25, 0.3) is 0 Å². The lowest BCUT2D eigenvalue weighted by molar-refractivity contribution is -0.143. The lowest BCUT2D eigenvalue weighted by Crippen LogP contribution is -2.25. The molecule has 0 radical (unpaired) electrons. The van der Waals surface area contributed by atoms with Crippen molar-refractivity contribution in [2.24, 2.45) is 11.8 Å². The van der Waals surface area contributed by atoms with E-state index in [4.69, 9.17) is 9.84 Å². The number of hydrogen-bond donors (Lipinski definition) is 1. The second kappa shape index (κ2) is 3.22. The van der Waals surface area contributed by atoms with Gasteiger partial charge in [-0.1, -0.05) is 13.8 Å². The molecule has 0 saturated carbocycles. The van der Waals surface area contributed by atoms with Gasteiger partial charge in [0.1, 0.15) is 6.10 Å². The molecule has 1 rings (SSSR count). The topological polar surface area (TPSA) is 46.5 Å². The van der Waals surface area contributed by atoms with Crippen molar-refractivity contribution >= 4 is 5.97 Å². The van der Waals surface area contributed by atoms with Crippen molar-refractivity contribution in [2.75, 3.05) is 6.61 Å². The van der Waals surface area contributed by atoms with Crippen LogP contribution in [-0.4, -0.2) is 23.8 Å². The van der Waals surface area contributed by atoms with Gasteiger partial charge in [0.15, 0.2) is 0 Å². The number of carbonyl (C=O) groups is 1. The summed E-state index contributed by atoms with van der Waals surface area (Å²) in [7, 11) is 0. The SMILES string of the molecule is C[C@@H](CO)[C@@H]1OC(=O)C[C@@H]1C. The molecule has 0 aromatic heterocycles. The third kappa shape index (κ3) is 1.71. The van der Waals surface area contributed by atoms with E-state index >= 15 is 0 Å². The van der Waals surface area contributed by atoms with Crippen molar-refractivity contribution in [3.63, 3.8) is 0 Å². The Hall–Kier alpha value is -0.570. The van der Waals surface area contributed by atoms with Gasteiger partial charge in [-0.05, 0) is 0 Å². The maximum absolute atomic E-state index is 10.8. The predicted molar refractivity (Wildman–Crippen MR) is 39.9 cm³/mol. The van der Waals surface area contributed by atoms with Gasteiger partial charge in [0, 0.05) is 18.4 Å². The Morgan fingerprint density at radius 1 is 1.82 bits per heavy atom. The highest BCUT2D eigenvalue weighted by atomic mass is 16.6. The molecule has 3 atom stereocenters. The Labute approximate surface area is 66.4 Å². The summed E-state index contributed by atoms with van der Waals surface area (Å²) >= 11 is 0. The third-order valence-electron chi connectivity index (χ3n) is 2.17. The molecule has 1 heterocycles. The van der Waals surface area contributed by atoms with Gasteiger partial charge >= 0.3 is 5.97 Å². The largest absolute Gasteiger partial charge is 0.462 e. The Morgan fingerprint density at radius 3 is 2.82 bits per heavy atom. The van der Waals surface area contributed by atoms with Gasteiger partial charge in [0.2, 0.25) is 0 Å². The van der Waals surface area contributed by atoms with E-state index in [9.17, 15) is 4.79 Å². The molecule has 0 aromatic carbocycles. The molecule has 1 N–H and O–H groups in total. The lowest BCUT2D eigenvalue weighted by Gasteiger charge is -2.18. The fourth-order valence-corrected chi connectivity index (χ4v) is 1.48. The number of hydrogen-bond acceptors (Lipinski definition) is 3. The van der Waals surface area contributed by atoms with E-state index in [2.05, 4.69) is 0 Å². The number of ether oxygens (including phenoxy) is 1. The maximum Gasteiger partial charge on any atom is 0.306 e. The first-order valence-corrected chi connectivity index (χ1v) is 3.95. The molecule has 0 unspecified atom stereocenters. The Morgan fingerprint density at radius 2 is 2.45 bits per heavy atom. The summed E-state index contributed by atoms with van der Waals surface area (Å²) in [5.74, 6) is 0.184. The highest BCUT2D eigenvalue weighted by Crippen LogP contribution is 2.26. The van der Waals surface area contributed by atoms with Crippen LogP contribution in [0.5, 0.6) is 0 Å². The molecule has 1 aliphatic heterocycles. The number of cyclic esters (lactones) is 1. The van der Waals surface area contributed by atoms with E-state index in [1.165, 1.54) is 0 Å². The van der Waals surface area contributed by atoms with E-state index in [1.54, 1.807) is 0 Å². The number of aliphatic hydroxyl groups excluding tert-OH is 1. The molecule has 0 amide bonds. The van der Waals surface area contributed by atoms with Gasteiger partial charge in [-0.3, -0.25) is 4.79 Å². The normalized spacial score (nSPS) is 33.5. The molecule has 64 valence electrons. The monoisotopic (exact) mass is 158 g/mol. The highest BCUT2D eigenvalue weighted by Gasteiger charge is 2.34. The van der Waals surface area contributed by atoms with Crippen molar-refractivity contribution < 1.29 is 14.6 Å². The molecule has 3 nitrogen and oxygen atoms in total. The molecular weight excluding hydrogens is 144 g/mol. The van der Waals surface area contributed by atoms with Crippen LogP contribution in [0.25, 0.3) is 0 Å². The summed E-state index contributed by atoms with van der Waals surface area (Å²) in [6.45, 7) is 3.95. The zero-order valence-electron chi connectivity index (χ0n) is 6.91. The standard InChI is InChI=1S/C8H14O3/c1-5-3-7(10)11-8(5)6(2)4-9/h5-6,8-9H,3-4H2,1-2H3/t5-,6-,8+/m0/s1. The molecule has 0 aliphatic carbocycles. The van der Waals surface area contributed by atoms with Crippen molar-refractivity contribution in [1.82, 2.24) is 0 Å². The highest BCUT2D eigenvalue weighted by molar-refractivity contribution is 5.72. The van der Waals surface area contributed by atoms with Crippen molar-refractivity contribution in [1.29, 1.82) is 0 Å². The van der Waals surface area contributed by atoms with Crippen molar-refractivity contribution in [3.8, 4) is 0 Å². The summed E-state index contributed by atoms with van der Waals surface area (Å²) in [4.78, 5) is 10.8. The summed E-state index contributed by atoms with van der Waals surface area (Å²) in [6.07, 6.45) is 0.419. The average molecular weight is 158 g/mol. The Kier molecular flexibility index (Phi) is 2.49. The smallest absolute Gasteiger partial charge is 0.306 e. The molecule has 0 spiro atoms. The molecule has 1 saturated heterocycles. The number of carbonyl (C=O) groups excluding carboxylic acids is 1. The van der Waals surface area contributed by atoms with E-state index in [0.717, 1.165) is 0 Å². The summed E-state index contributed by atoms with van der Waals surface area (Å²) in [5, 5.41) is 8.81. The van der Waals surface area contributed by atoms with E-state index < -0.39 is 0 Å². The number of aliphatic hydroxyl groups is 1. The van der Waals surface area contributed by atoms with E-state index in [1.807, 2.05) is 13.8 Å². The molecule has 0 bridgehead atoms. The summed E-state index contributed by atoms with van der Waals surface area (Å²) in [6, 6.07) is 0. The third-order valence-corrected chi connectivity index (χ3v) is 2.17. The van der Waals surface area contributed by atoms with E-state index in [0.29, 0.717) is 6.42 Å². The second-order valence-electron chi connectivity index (χ2n) is 3.30. The average Bonchev–Trinajstić information content (AvgIpc) is 2.28. The minimum absolute atomic E-state index is 0.0662. The second-order valence-corrected chi connectivity index (χ2v) is 3.30. The first kappa shape index (κ1) is 8.53. The van der Waals surface area contributed by atoms with Gasteiger partial charge in [-0.25, -0.2) is 0 Å². The fourth-order valence-electron chi connectivity index (χ4n) is 1.48. The van der Waals surface area contributed by atoms with Crippen LogP contribution in [0.15, 0.2) is 0 Å². The molecule has 1 fully saturated rings. The molecule has 1 aliphatic rings. The van der Waals surface area contributed by atoms with E-state index in [-0.39, 0.29) is 30.5 Å². The first-order chi connectivity index (χ1) is 5.15. The molecule has 11 heavy (non-hydrogen) atoms. The Bertz CT molecular complexity index is 155. The quantitative estimate of drug-likeness (QED) is 0.597. The minimum Gasteiger partial charge on any atom is -0.462 e. The van der Waals surface area contributed by atoms with Gasteiger partial charge < -0.3 is 9.84 Å². The predicted octanol–water partition coefficient (Wildman–Crippen LogP) is 0.566. The molecular formula is C8H14O3. The van der Waals surface area contributed by atoms with Crippen LogP contribution in [0.2, 0.25) is 0 Å². The summed E-state index contributed by atoms with van der Waals surface area (Å²) < 4.78 is 5.03. The van der Waals surface area contributed by atoms with Crippen LogP contribution < -0.4 is 0 Å². The number of esters is 1. The summed E-state index contributed by atoms with van der Waals surface area (Å²) in [5.41, 5.74) is 0. The Balaban J connectivity index is 2.52. The van der Waals surface area contributed by atoms with Crippen LogP contribution in [0.3, 0.4) is 0 Å². The number of rotatable bonds is 2. The first-order valence-electron chi connectivity index (χ1n) is 3.95. The van der Waals surface area contributed by atoms with Gasteiger partial charge in [0.05, 0.1) is 6.42 Å². The minimum atomic E-state index is -0.136. The zero-order valence-corrected chi connectivity index (χ0v) is 6.91. The maximum atomic E-state index is 10.8. The zero-order chi connectivity index (χ0) is 8.43. The van der Waals surface area contributed by atoms with Gasteiger partial charge in [-0.15, -0.1) is 0 Å². The van der Waals surface area contributed by atoms with Crippen LogP contribution >= 0.6 is 0 Å². The van der Waals surface area contributed by atoms with Crippen molar-refractivity contribution in [3.05, 3.63) is 0 Å². The fraction of sp³-hybridized carbons (Fsp3) is 0.875. The van der Waals surface area contributed by atoms with Crippen LogP contribution in [-0.2, 0) is 9.53 Å².